The van der Waals surface area contributed by atoms with Crippen molar-refractivity contribution in [3.05, 3.63) is 69.8 Å². The molecule has 0 spiro atoms. The lowest BCUT2D eigenvalue weighted by Gasteiger charge is -1.99. The zero-order chi connectivity index (χ0) is 17.9. The second kappa shape index (κ2) is 7.41. The Labute approximate surface area is 161 Å². The average Bonchev–Trinajstić information content (AvgIpc) is 3.40. The minimum Gasteiger partial charge on any atom is -0.454 e. The van der Waals surface area contributed by atoms with Crippen LogP contribution in [0, 0.1) is 0 Å². The van der Waals surface area contributed by atoms with Crippen LogP contribution >= 0.6 is 34.3 Å². The van der Waals surface area contributed by atoms with Gasteiger partial charge in [-0.25, -0.2) is 14.8 Å². The zero-order valence-electron chi connectivity index (χ0n) is 13.2. The minimum atomic E-state index is -0.504. The van der Waals surface area contributed by atoms with Crippen LogP contribution in [0.2, 0.25) is 5.02 Å². The second-order valence-corrected chi connectivity index (χ2v) is 7.49. The van der Waals surface area contributed by atoms with Gasteiger partial charge in [-0.3, -0.25) is 0 Å². The Balaban J connectivity index is 1.41. The Morgan fingerprint density at radius 3 is 2.92 bits per heavy atom. The van der Waals surface area contributed by atoms with E-state index >= 15 is 0 Å². The summed E-state index contributed by atoms with van der Waals surface area (Å²) in [6, 6.07) is 11.2. The molecule has 0 amide bonds. The third-order valence-corrected chi connectivity index (χ3v) is 5.40. The van der Waals surface area contributed by atoms with Crippen LogP contribution in [0.15, 0.2) is 57.8 Å². The van der Waals surface area contributed by atoms with Gasteiger partial charge in [-0.1, -0.05) is 29.8 Å². The van der Waals surface area contributed by atoms with Crippen LogP contribution in [0.3, 0.4) is 0 Å². The smallest absolute Gasteiger partial charge is 0.358 e. The molecule has 0 aliphatic heterocycles. The van der Waals surface area contributed by atoms with E-state index in [0.29, 0.717) is 21.6 Å². The topological polar surface area (TPSA) is 65.2 Å². The molecule has 0 aliphatic rings. The van der Waals surface area contributed by atoms with Crippen LogP contribution < -0.4 is 0 Å². The van der Waals surface area contributed by atoms with Crippen LogP contribution in [0.5, 0.6) is 0 Å². The van der Waals surface area contributed by atoms with Crippen molar-refractivity contribution < 1.29 is 13.9 Å². The van der Waals surface area contributed by atoms with E-state index in [0.717, 1.165) is 10.4 Å². The van der Waals surface area contributed by atoms with Gasteiger partial charge in [0.15, 0.2) is 5.69 Å². The normalized spacial score (nSPS) is 10.8. The summed E-state index contributed by atoms with van der Waals surface area (Å²) in [5, 5.41) is 4.94. The van der Waals surface area contributed by atoms with Crippen molar-refractivity contribution in [2.24, 2.45) is 0 Å². The highest BCUT2D eigenvalue weighted by Gasteiger charge is 2.15. The van der Waals surface area contributed by atoms with E-state index in [1.165, 1.54) is 28.9 Å². The second-order valence-electron chi connectivity index (χ2n) is 5.25. The first-order chi connectivity index (χ1) is 12.7. The van der Waals surface area contributed by atoms with Gasteiger partial charge in [0.25, 0.3) is 0 Å². The van der Waals surface area contributed by atoms with Gasteiger partial charge in [-0.05, 0) is 23.6 Å². The summed E-state index contributed by atoms with van der Waals surface area (Å²) in [6.45, 7) is 0.0255. The zero-order valence-corrected chi connectivity index (χ0v) is 15.6. The van der Waals surface area contributed by atoms with Crippen molar-refractivity contribution >= 4 is 40.2 Å². The number of esters is 1. The first-order valence-electron chi connectivity index (χ1n) is 7.56. The quantitative estimate of drug-likeness (QED) is 0.410. The van der Waals surface area contributed by atoms with Gasteiger partial charge in [0.2, 0.25) is 5.89 Å². The number of benzene rings is 1. The molecule has 0 saturated heterocycles. The highest BCUT2D eigenvalue weighted by molar-refractivity contribution is 7.13. The van der Waals surface area contributed by atoms with Gasteiger partial charge < -0.3 is 9.15 Å². The Morgan fingerprint density at radius 2 is 2.12 bits per heavy atom. The highest BCUT2D eigenvalue weighted by atomic mass is 35.5. The van der Waals surface area contributed by atoms with Gasteiger partial charge in [0.1, 0.15) is 23.6 Å². The molecule has 4 aromatic rings. The fourth-order valence-corrected chi connectivity index (χ4v) is 3.85. The molecule has 1 aromatic carbocycles. The minimum absolute atomic E-state index is 0.0255. The van der Waals surface area contributed by atoms with Crippen LogP contribution in [-0.4, -0.2) is 15.9 Å². The third-order valence-electron chi connectivity index (χ3n) is 3.42. The molecule has 4 rings (SSSR count). The number of aromatic nitrogens is 2. The summed E-state index contributed by atoms with van der Waals surface area (Å²) in [5.74, 6) is 0.0122. The van der Waals surface area contributed by atoms with Crippen molar-refractivity contribution in [1.82, 2.24) is 9.97 Å². The number of rotatable bonds is 5. The lowest BCUT2D eigenvalue weighted by molar-refractivity contribution is 0.0462. The summed E-state index contributed by atoms with van der Waals surface area (Å²) in [7, 11) is 0. The van der Waals surface area contributed by atoms with Gasteiger partial charge in [0.05, 0.1) is 4.88 Å². The maximum Gasteiger partial charge on any atom is 0.358 e. The number of nitrogens with zero attached hydrogens (tertiary/aromatic N) is 2. The number of carbonyl (C=O) groups excluding carboxylic acids is 1. The van der Waals surface area contributed by atoms with E-state index in [1.807, 2.05) is 29.6 Å². The Bertz CT molecular complexity index is 1040. The van der Waals surface area contributed by atoms with Gasteiger partial charge in [0, 0.05) is 16.0 Å². The van der Waals surface area contributed by atoms with Crippen LogP contribution in [-0.2, 0) is 11.3 Å². The number of ether oxygens (including phenoxy) is 1. The molecule has 0 bridgehead atoms. The maximum atomic E-state index is 12.2. The summed E-state index contributed by atoms with van der Waals surface area (Å²) in [6.07, 6.45) is 1.49. The summed E-state index contributed by atoms with van der Waals surface area (Å²) in [5.41, 5.74) is 1.66. The number of carbonyl (C=O) groups is 1. The SMILES string of the molecule is O=C(OCc1coc(-c2cccs2)n1)c1csc(-c2cccc(Cl)c2)n1. The molecule has 0 radical (unpaired) electrons. The van der Waals surface area contributed by atoms with E-state index in [4.69, 9.17) is 20.8 Å². The largest absolute Gasteiger partial charge is 0.454 e. The predicted molar refractivity (Wildman–Crippen MR) is 101 cm³/mol. The molecule has 0 atom stereocenters. The van der Waals surface area contributed by atoms with Crippen molar-refractivity contribution in [3.63, 3.8) is 0 Å². The van der Waals surface area contributed by atoms with Gasteiger partial charge in [-0.2, -0.15) is 0 Å². The molecule has 3 aromatic heterocycles. The Hall–Kier alpha value is -2.48. The molecule has 8 heteroatoms. The lowest BCUT2D eigenvalue weighted by atomic mass is 10.2. The first kappa shape index (κ1) is 17.0. The third kappa shape index (κ3) is 3.70. The van der Waals surface area contributed by atoms with Crippen LogP contribution in [0.25, 0.3) is 21.3 Å². The van der Waals surface area contributed by atoms with Crippen molar-refractivity contribution in [1.29, 1.82) is 0 Å². The first-order valence-corrected chi connectivity index (χ1v) is 9.69. The molecule has 0 N–H and O–H groups in total. The molecule has 130 valence electrons. The average molecular weight is 403 g/mol. The molecule has 0 saturated carbocycles. The monoisotopic (exact) mass is 402 g/mol. The number of oxazole rings is 1. The van der Waals surface area contributed by atoms with Crippen LogP contribution in [0.1, 0.15) is 16.2 Å². The van der Waals surface area contributed by atoms with E-state index in [-0.39, 0.29) is 12.3 Å². The van der Waals surface area contributed by atoms with E-state index in [1.54, 1.807) is 17.5 Å². The number of thiophene rings is 1. The molecule has 0 aliphatic carbocycles. The summed E-state index contributed by atoms with van der Waals surface area (Å²) < 4.78 is 10.7. The molecule has 3 heterocycles. The molecule has 0 fully saturated rings. The molecule has 0 unspecified atom stereocenters. The fourth-order valence-electron chi connectivity index (χ4n) is 2.22. The fraction of sp³-hybridized carbons (Fsp3) is 0.0556. The lowest BCUT2D eigenvalue weighted by Crippen LogP contribution is -2.05. The summed E-state index contributed by atoms with van der Waals surface area (Å²) >= 11 is 8.88. The Kier molecular flexibility index (Phi) is 4.83. The van der Waals surface area contributed by atoms with E-state index < -0.39 is 5.97 Å². The molecular formula is C18H11ClN2O3S2. The number of thiazole rings is 1. The standard InChI is InChI=1S/C18H11ClN2O3S2/c19-12-4-1-3-11(7-12)17-21-14(10-26-17)18(22)24-9-13-8-23-16(20-13)15-5-2-6-25-15/h1-8,10H,9H2. The van der Waals surface area contributed by atoms with Gasteiger partial charge in [-0.15, -0.1) is 22.7 Å². The van der Waals surface area contributed by atoms with E-state index in [2.05, 4.69) is 9.97 Å². The van der Waals surface area contributed by atoms with Crippen molar-refractivity contribution in [3.8, 4) is 21.3 Å². The molecular weight excluding hydrogens is 392 g/mol. The van der Waals surface area contributed by atoms with Gasteiger partial charge >= 0.3 is 5.97 Å². The number of hydrogen-bond acceptors (Lipinski definition) is 7. The van der Waals surface area contributed by atoms with Crippen molar-refractivity contribution in [2.75, 3.05) is 0 Å². The van der Waals surface area contributed by atoms with Crippen molar-refractivity contribution in [2.45, 2.75) is 6.61 Å². The predicted octanol–water partition coefficient (Wildman–Crippen LogP) is 5.54. The van der Waals surface area contributed by atoms with E-state index in [9.17, 15) is 4.79 Å². The summed E-state index contributed by atoms with van der Waals surface area (Å²) in [4.78, 5) is 21.8. The molecule has 26 heavy (non-hydrogen) atoms. The highest BCUT2D eigenvalue weighted by Crippen LogP contribution is 2.27. The van der Waals surface area contributed by atoms with Crippen LogP contribution in [0.4, 0.5) is 0 Å². The number of hydrogen-bond donors (Lipinski definition) is 0. The molecule has 5 nitrogen and oxygen atoms in total. The Morgan fingerprint density at radius 1 is 1.19 bits per heavy atom. The maximum absolute atomic E-state index is 12.2. The number of halogens is 1.